The molecule has 0 saturated heterocycles. The second kappa shape index (κ2) is 6.70. The summed E-state index contributed by atoms with van der Waals surface area (Å²) in [5, 5.41) is 0.355. The molecule has 0 heterocycles. The normalized spacial score (nSPS) is 13.7. The van der Waals surface area contributed by atoms with E-state index < -0.39 is 0 Å². The quantitative estimate of drug-likeness (QED) is 0.553. The van der Waals surface area contributed by atoms with Gasteiger partial charge in [0.1, 0.15) is 0 Å². The summed E-state index contributed by atoms with van der Waals surface area (Å²) in [6.45, 7) is 2.15. The van der Waals surface area contributed by atoms with Gasteiger partial charge in [-0.3, -0.25) is 0 Å². The van der Waals surface area contributed by atoms with E-state index in [1.54, 1.807) is 0 Å². The zero-order valence-electron chi connectivity index (χ0n) is 5.87. The Labute approximate surface area is 67.5 Å². The van der Waals surface area contributed by atoms with Crippen LogP contribution in [0.3, 0.4) is 0 Å². The van der Waals surface area contributed by atoms with Gasteiger partial charge >= 0.3 is 0 Å². The van der Waals surface area contributed by atoms with Crippen LogP contribution in [0.1, 0.15) is 32.6 Å². The van der Waals surface area contributed by atoms with Crippen LogP contribution < -0.4 is 0 Å². The first kappa shape index (κ1) is 9.58. The highest BCUT2D eigenvalue weighted by molar-refractivity contribution is 6.20. The van der Waals surface area contributed by atoms with Crippen molar-refractivity contribution >= 4 is 23.2 Å². The summed E-state index contributed by atoms with van der Waals surface area (Å²) in [5.41, 5.74) is 0. The standard InChI is InChI=1S/C7H14Cl2/c1-2-4-7(9)5-3-6-8/h7H,2-6H2,1H3. The molecule has 0 spiro atoms. The molecule has 0 saturated carbocycles. The Kier molecular flexibility index (Phi) is 7.13. The molecule has 9 heavy (non-hydrogen) atoms. The van der Waals surface area contributed by atoms with Gasteiger partial charge in [-0.1, -0.05) is 13.3 Å². The lowest BCUT2D eigenvalue weighted by Gasteiger charge is -2.04. The van der Waals surface area contributed by atoms with Crippen LogP contribution in [0.2, 0.25) is 0 Å². The molecule has 0 N–H and O–H groups in total. The summed E-state index contributed by atoms with van der Waals surface area (Å²) in [6, 6.07) is 0. The molecule has 0 rings (SSSR count). The summed E-state index contributed by atoms with van der Waals surface area (Å²) >= 11 is 11.4. The highest BCUT2D eigenvalue weighted by Gasteiger charge is 2.00. The maximum Gasteiger partial charge on any atom is 0.0336 e. The van der Waals surface area contributed by atoms with Crippen molar-refractivity contribution in [2.75, 3.05) is 5.88 Å². The van der Waals surface area contributed by atoms with Crippen LogP contribution in [-0.4, -0.2) is 11.3 Å². The number of halogens is 2. The Bertz CT molecular complexity index is 54.9. The Hall–Kier alpha value is 0.580. The smallest absolute Gasteiger partial charge is 0.0336 e. The average molecular weight is 169 g/mol. The lowest BCUT2D eigenvalue weighted by Crippen LogP contribution is -1.97. The lowest BCUT2D eigenvalue weighted by molar-refractivity contribution is 0.667. The van der Waals surface area contributed by atoms with Crippen LogP contribution in [0, 0.1) is 0 Å². The van der Waals surface area contributed by atoms with Crippen molar-refractivity contribution in [3.8, 4) is 0 Å². The molecule has 1 unspecified atom stereocenters. The fourth-order valence-corrected chi connectivity index (χ4v) is 1.28. The minimum Gasteiger partial charge on any atom is -0.127 e. The van der Waals surface area contributed by atoms with Gasteiger partial charge in [0.05, 0.1) is 0 Å². The molecule has 0 radical (unpaired) electrons. The van der Waals surface area contributed by atoms with Crippen molar-refractivity contribution in [2.24, 2.45) is 0 Å². The van der Waals surface area contributed by atoms with Crippen LogP contribution in [0.15, 0.2) is 0 Å². The first-order chi connectivity index (χ1) is 4.31. The molecular weight excluding hydrogens is 155 g/mol. The fraction of sp³-hybridized carbons (Fsp3) is 1.00. The number of hydrogen-bond acceptors (Lipinski definition) is 0. The topological polar surface area (TPSA) is 0 Å². The van der Waals surface area contributed by atoms with Crippen LogP contribution in [0.25, 0.3) is 0 Å². The Morgan fingerprint density at radius 1 is 1.33 bits per heavy atom. The lowest BCUT2D eigenvalue weighted by atomic mass is 10.2. The van der Waals surface area contributed by atoms with Gasteiger partial charge < -0.3 is 0 Å². The van der Waals surface area contributed by atoms with Gasteiger partial charge in [-0.05, 0) is 19.3 Å². The molecule has 0 aromatic carbocycles. The third-order valence-corrected chi connectivity index (χ3v) is 1.96. The molecular formula is C7H14Cl2. The zero-order valence-corrected chi connectivity index (χ0v) is 7.38. The van der Waals surface area contributed by atoms with Gasteiger partial charge in [-0.25, -0.2) is 0 Å². The maximum atomic E-state index is 5.90. The van der Waals surface area contributed by atoms with Crippen molar-refractivity contribution in [1.29, 1.82) is 0 Å². The van der Waals surface area contributed by atoms with Gasteiger partial charge in [0.15, 0.2) is 0 Å². The van der Waals surface area contributed by atoms with E-state index in [9.17, 15) is 0 Å². The van der Waals surface area contributed by atoms with Gasteiger partial charge in [0.25, 0.3) is 0 Å². The third-order valence-electron chi connectivity index (χ3n) is 1.25. The van der Waals surface area contributed by atoms with E-state index >= 15 is 0 Å². The first-order valence-corrected chi connectivity index (χ1v) is 4.48. The molecule has 0 aliphatic heterocycles. The molecule has 0 aliphatic rings. The Morgan fingerprint density at radius 2 is 2.00 bits per heavy atom. The van der Waals surface area contributed by atoms with Crippen molar-refractivity contribution in [1.82, 2.24) is 0 Å². The minimum absolute atomic E-state index is 0.355. The SMILES string of the molecule is CCCC(Cl)CCCCl. The molecule has 0 fully saturated rings. The van der Waals surface area contributed by atoms with Crippen molar-refractivity contribution < 1.29 is 0 Å². The fourth-order valence-electron chi connectivity index (χ4n) is 0.756. The number of alkyl halides is 2. The van der Waals surface area contributed by atoms with E-state index in [0.717, 1.165) is 25.1 Å². The van der Waals surface area contributed by atoms with E-state index in [0.29, 0.717) is 5.38 Å². The van der Waals surface area contributed by atoms with Crippen LogP contribution in [0.5, 0.6) is 0 Å². The molecule has 0 aromatic heterocycles. The van der Waals surface area contributed by atoms with Gasteiger partial charge in [0, 0.05) is 11.3 Å². The largest absolute Gasteiger partial charge is 0.127 e. The highest BCUT2D eigenvalue weighted by Crippen LogP contribution is 2.11. The number of rotatable bonds is 5. The highest BCUT2D eigenvalue weighted by atomic mass is 35.5. The van der Waals surface area contributed by atoms with Crippen LogP contribution in [-0.2, 0) is 0 Å². The first-order valence-electron chi connectivity index (χ1n) is 3.51. The molecule has 0 amide bonds. The van der Waals surface area contributed by atoms with E-state index in [2.05, 4.69) is 6.92 Å². The summed E-state index contributed by atoms with van der Waals surface area (Å²) in [7, 11) is 0. The van der Waals surface area contributed by atoms with Crippen molar-refractivity contribution in [2.45, 2.75) is 38.0 Å². The van der Waals surface area contributed by atoms with Crippen molar-refractivity contribution in [3.63, 3.8) is 0 Å². The number of hydrogen-bond donors (Lipinski definition) is 0. The predicted molar refractivity (Wildman–Crippen MR) is 44.5 cm³/mol. The van der Waals surface area contributed by atoms with E-state index in [1.165, 1.54) is 6.42 Å². The van der Waals surface area contributed by atoms with Gasteiger partial charge in [0.2, 0.25) is 0 Å². The second-order valence-corrected chi connectivity index (χ2v) is 3.21. The molecule has 0 bridgehead atoms. The Morgan fingerprint density at radius 3 is 2.44 bits per heavy atom. The molecule has 1 atom stereocenters. The summed E-state index contributed by atoms with van der Waals surface area (Å²) in [6.07, 6.45) is 4.42. The molecule has 0 aromatic rings. The summed E-state index contributed by atoms with van der Waals surface area (Å²) in [4.78, 5) is 0. The monoisotopic (exact) mass is 168 g/mol. The van der Waals surface area contributed by atoms with Crippen LogP contribution in [0.4, 0.5) is 0 Å². The maximum absolute atomic E-state index is 5.90. The molecule has 0 aliphatic carbocycles. The van der Waals surface area contributed by atoms with Gasteiger partial charge in [-0.15, -0.1) is 23.2 Å². The molecule has 2 heteroatoms. The second-order valence-electron chi connectivity index (χ2n) is 2.22. The predicted octanol–water partition coefficient (Wildman–Crippen LogP) is 3.41. The van der Waals surface area contributed by atoms with Gasteiger partial charge in [-0.2, -0.15) is 0 Å². The molecule has 0 nitrogen and oxygen atoms in total. The minimum atomic E-state index is 0.355. The van der Waals surface area contributed by atoms with E-state index in [1.807, 2.05) is 0 Å². The Balaban J connectivity index is 2.95. The molecule has 56 valence electrons. The average Bonchev–Trinajstić information content (AvgIpc) is 1.85. The van der Waals surface area contributed by atoms with Crippen molar-refractivity contribution in [3.05, 3.63) is 0 Å². The zero-order chi connectivity index (χ0) is 7.11. The third kappa shape index (κ3) is 6.47. The van der Waals surface area contributed by atoms with E-state index in [4.69, 9.17) is 23.2 Å². The van der Waals surface area contributed by atoms with E-state index in [-0.39, 0.29) is 0 Å². The summed E-state index contributed by atoms with van der Waals surface area (Å²) in [5.74, 6) is 0.743. The van der Waals surface area contributed by atoms with Crippen LogP contribution >= 0.6 is 23.2 Å². The summed E-state index contributed by atoms with van der Waals surface area (Å²) < 4.78 is 0.